The van der Waals surface area contributed by atoms with Crippen molar-refractivity contribution >= 4 is 22.6 Å². The van der Waals surface area contributed by atoms with Gasteiger partial charge in [0, 0.05) is 18.1 Å². The number of hydrogen-bond donors (Lipinski definition) is 3. The van der Waals surface area contributed by atoms with E-state index in [0.29, 0.717) is 37.7 Å². The topological polar surface area (TPSA) is 140 Å². The second-order valence-electron chi connectivity index (χ2n) is 8.98. The Hall–Kier alpha value is -1.56. The normalized spacial score (nSPS) is 23.7. The van der Waals surface area contributed by atoms with Crippen LogP contribution in [-0.4, -0.2) is 75.9 Å². The number of ether oxygens (including phenoxy) is 1. The molecule has 0 aromatic heterocycles. The van der Waals surface area contributed by atoms with E-state index in [-0.39, 0.29) is 55.0 Å². The molecule has 1 fully saturated rings. The zero-order valence-electron chi connectivity index (χ0n) is 20.9. The monoisotopic (exact) mass is 511 g/mol. The standard InChI is InChI=1S/C26H35NO8.Na/c1-17-23(30)25(32)24(31)21(35-17)10-7-14-27(34-15-6-2-3-11-22(28)29)26(33)20-13-12-18-8-4-5-9-19(18)16-20;/h4-5,8-9,12-13,16-17,21,23-25,30-32H,2-3,6-7,10-11,14-15H2,1H3,(H,28,29);/q;+1/p-1/t17-,21-,23+,24+,25+;/m0./s1. The van der Waals surface area contributed by atoms with Crippen LogP contribution in [0.25, 0.3) is 10.8 Å². The zero-order valence-corrected chi connectivity index (χ0v) is 22.9. The third-order valence-electron chi connectivity index (χ3n) is 6.30. The molecule has 2 aromatic carbocycles. The number of unbranched alkanes of at least 4 members (excludes halogenated alkanes) is 2. The number of rotatable bonds is 12. The molecular weight excluding hydrogens is 477 g/mol. The Kier molecular flexibility index (Phi) is 12.8. The number of carbonyl (C=O) groups excluding carboxylic acids is 2. The van der Waals surface area contributed by atoms with Crippen molar-refractivity contribution in [3.63, 3.8) is 0 Å². The van der Waals surface area contributed by atoms with Crippen molar-refractivity contribution in [2.45, 2.75) is 76.0 Å². The first kappa shape index (κ1) is 30.7. The molecule has 0 radical (unpaired) electrons. The summed E-state index contributed by atoms with van der Waals surface area (Å²) in [5.41, 5.74) is 0.474. The van der Waals surface area contributed by atoms with Crippen molar-refractivity contribution < 1.29 is 69.1 Å². The Balaban J connectivity index is 0.00000456. The molecule has 0 spiro atoms. The average Bonchev–Trinajstić information content (AvgIpc) is 2.85. The molecule has 9 nitrogen and oxygen atoms in total. The Bertz CT molecular complexity index is 989. The average molecular weight is 512 g/mol. The van der Waals surface area contributed by atoms with Crippen LogP contribution in [0.1, 0.15) is 55.8 Å². The number of carboxylic acid groups (broad SMARTS) is 1. The number of aliphatic hydroxyl groups excluding tert-OH is 3. The summed E-state index contributed by atoms with van der Waals surface area (Å²) in [6.07, 6.45) is -2.51. The summed E-state index contributed by atoms with van der Waals surface area (Å²) in [5, 5.41) is 43.9. The van der Waals surface area contributed by atoms with Gasteiger partial charge in [-0.25, -0.2) is 5.06 Å². The van der Waals surface area contributed by atoms with Gasteiger partial charge in [0.05, 0.1) is 18.8 Å². The Morgan fingerprint density at radius 2 is 1.69 bits per heavy atom. The molecular formula is C26H34NNaO8. The molecule has 2 aromatic rings. The van der Waals surface area contributed by atoms with Crippen LogP contribution >= 0.6 is 0 Å². The minimum atomic E-state index is -1.30. The van der Waals surface area contributed by atoms with Crippen LogP contribution in [-0.2, 0) is 14.4 Å². The maximum absolute atomic E-state index is 13.3. The summed E-state index contributed by atoms with van der Waals surface area (Å²) in [7, 11) is 0. The minimum Gasteiger partial charge on any atom is -0.550 e. The second-order valence-corrected chi connectivity index (χ2v) is 8.98. The molecule has 5 atom stereocenters. The van der Waals surface area contributed by atoms with E-state index in [9.17, 15) is 30.0 Å². The van der Waals surface area contributed by atoms with Gasteiger partial charge >= 0.3 is 29.6 Å². The van der Waals surface area contributed by atoms with E-state index in [0.717, 1.165) is 10.8 Å². The fourth-order valence-electron chi connectivity index (χ4n) is 4.23. The Morgan fingerprint density at radius 3 is 2.42 bits per heavy atom. The van der Waals surface area contributed by atoms with Gasteiger partial charge in [-0.1, -0.05) is 36.8 Å². The van der Waals surface area contributed by atoms with E-state index in [4.69, 9.17) is 9.57 Å². The number of hydroxylamine groups is 2. The molecule has 0 bridgehead atoms. The first-order chi connectivity index (χ1) is 16.8. The molecule has 1 amide bonds. The maximum Gasteiger partial charge on any atom is 1.00 e. The number of nitrogens with zero attached hydrogens (tertiary/aromatic N) is 1. The molecule has 1 aliphatic heterocycles. The van der Waals surface area contributed by atoms with Gasteiger partial charge in [0.1, 0.15) is 18.3 Å². The number of amides is 1. The largest absolute Gasteiger partial charge is 1.00 e. The molecule has 0 aliphatic carbocycles. The minimum absolute atomic E-state index is 0. The van der Waals surface area contributed by atoms with Crippen LogP contribution in [0.5, 0.6) is 0 Å². The van der Waals surface area contributed by atoms with Crippen molar-refractivity contribution in [2.75, 3.05) is 13.2 Å². The van der Waals surface area contributed by atoms with Gasteiger partial charge in [-0.15, -0.1) is 0 Å². The molecule has 192 valence electrons. The van der Waals surface area contributed by atoms with E-state index < -0.39 is 36.5 Å². The number of fused-ring (bicyclic) bond motifs is 1. The van der Waals surface area contributed by atoms with Crippen LogP contribution in [0, 0.1) is 0 Å². The number of carbonyl (C=O) groups is 2. The van der Waals surface area contributed by atoms with Gasteiger partial charge in [-0.2, -0.15) is 0 Å². The molecule has 1 heterocycles. The van der Waals surface area contributed by atoms with Crippen molar-refractivity contribution in [3.8, 4) is 0 Å². The van der Waals surface area contributed by atoms with Crippen LogP contribution in [0.2, 0.25) is 0 Å². The van der Waals surface area contributed by atoms with Gasteiger partial charge in [0.25, 0.3) is 5.91 Å². The SMILES string of the molecule is C[C@@H]1O[C@@H](CCCN(OCCCCCC(=O)[O-])C(=O)c2ccc3ccccc3c2)[C@@H](O)[C@H](O)[C@@H]1O.[Na+]. The van der Waals surface area contributed by atoms with Crippen molar-refractivity contribution in [3.05, 3.63) is 48.0 Å². The summed E-state index contributed by atoms with van der Waals surface area (Å²) in [6.45, 7) is 2.10. The molecule has 1 aliphatic rings. The number of aliphatic hydroxyl groups is 3. The number of carboxylic acids is 1. The second kappa shape index (κ2) is 15.0. The summed E-state index contributed by atoms with van der Waals surface area (Å²) in [6, 6.07) is 13.2. The van der Waals surface area contributed by atoms with Crippen LogP contribution in [0.15, 0.2) is 42.5 Å². The van der Waals surface area contributed by atoms with Crippen LogP contribution in [0.4, 0.5) is 0 Å². The van der Waals surface area contributed by atoms with E-state index in [1.165, 1.54) is 5.06 Å². The van der Waals surface area contributed by atoms with E-state index in [2.05, 4.69) is 0 Å². The molecule has 10 heteroatoms. The summed E-state index contributed by atoms with van der Waals surface area (Å²) < 4.78 is 5.64. The first-order valence-corrected chi connectivity index (χ1v) is 12.1. The smallest absolute Gasteiger partial charge is 0.550 e. The summed E-state index contributed by atoms with van der Waals surface area (Å²) >= 11 is 0. The predicted octanol–water partition coefficient (Wildman–Crippen LogP) is -1.82. The predicted molar refractivity (Wildman–Crippen MR) is 126 cm³/mol. The number of benzene rings is 2. The van der Waals surface area contributed by atoms with Gasteiger partial charge in [0.2, 0.25) is 0 Å². The molecule has 1 saturated heterocycles. The van der Waals surface area contributed by atoms with Gasteiger partial charge in [0.15, 0.2) is 0 Å². The third kappa shape index (κ3) is 8.49. The zero-order chi connectivity index (χ0) is 25.4. The fourth-order valence-corrected chi connectivity index (χ4v) is 4.23. The fraction of sp³-hybridized carbons (Fsp3) is 0.538. The van der Waals surface area contributed by atoms with Gasteiger partial charge in [-0.05, 0) is 61.9 Å². The van der Waals surface area contributed by atoms with E-state index in [1.807, 2.05) is 30.3 Å². The van der Waals surface area contributed by atoms with Gasteiger partial charge in [-0.3, -0.25) is 9.63 Å². The Labute approximate surface area is 233 Å². The van der Waals surface area contributed by atoms with Crippen LogP contribution in [0.3, 0.4) is 0 Å². The Morgan fingerprint density at radius 1 is 0.972 bits per heavy atom. The molecule has 0 saturated carbocycles. The first-order valence-electron chi connectivity index (χ1n) is 12.1. The summed E-state index contributed by atoms with van der Waals surface area (Å²) in [4.78, 5) is 29.6. The molecule has 3 N–H and O–H groups in total. The summed E-state index contributed by atoms with van der Waals surface area (Å²) in [5.74, 6) is -1.39. The van der Waals surface area contributed by atoms with E-state index >= 15 is 0 Å². The van der Waals surface area contributed by atoms with Crippen molar-refractivity contribution in [2.24, 2.45) is 0 Å². The number of aliphatic carboxylic acids is 1. The quantitative estimate of drug-likeness (QED) is 0.172. The van der Waals surface area contributed by atoms with E-state index in [1.54, 1.807) is 19.1 Å². The number of hydrogen-bond acceptors (Lipinski definition) is 8. The van der Waals surface area contributed by atoms with Gasteiger partial charge < -0.3 is 30.0 Å². The van der Waals surface area contributed by atoms with Crippen LogP contribution < -0.4 is 34.7 Å². The van der Waals surface area contributed by atoms with Crippen molar-refractivity contribution in [1.29, 1.82) is 0 Å². The third-order valence-corrected chi connectivity index (χ3v) is 6.30. The molecule has 36 heavy (non-hydrogen) atoms. The molecule has 0 unspecified atom stereocenters. The maximum atomic E-state index is 13.3. The molecule has 3 rings (SSSR count). The van der Waals surface area contributed by atoms with Crippen molar-refractivity contribution in [1.82, 2.24) is 5.06 Å².